The Morgan fingerprint density at radius 3 is 2.30 bits per heavy atom. The maximum Gasteiger partial charge on any atom is 0.295 e. The molecule has 0 unspecified atom stereocenters. The lowest BCUT2D eigenvalue weighted by Crippen LogP contribution is -2.30. The van der Waals surface area contributed by atoms with Gasteiger partial charge in [-0.05, 0) is 41.5 Å². The highest BCUT2D eigenvalue weighted by atomic mass is 32.2. The lowest BCUT2D eigenvalue weighted by atomic mass is 10.00. The van der Waals surface area contributed by atoms with Crippen LogP contribution in [0.1, 0.15) is 10.4 Å². The van der Waals surface area contributed by atoms with Crippen molar-refractivity contribution in [3.8, 4) is 22.4 Å². The van der Waals surface area contributed by atoms with Gasteiger partial charge in [-0.3, -0.25) is 9.59 Å². The van der Waals surface area contributed by atoms with E-state index in [0.717, 1.165) is 33.3 Å². The minimum absolute atomic E-state index is 0.136. The van der Waals surface area contributed by atoms with Crippen molar-refractivity contribution in [3.63, 3.8) is 0 Å². The Hall–Kier alpha value is -3.84. The Labute approximate surface area is 173 Å². The molecule has 6 nitrogen and oxygen atoms in total. The van der Waals surface area contributed by atoms with Crippen LogP contribution in [-0.2, 0) is 14.8 Å². The van der Waals surface area contributed by atoms with Gasteiger partial charge in [-0.1, -0.05) is 54.6 Å². The summed E-state index contributed by atoms with van der Waals surface area (Å²) in [7, 11) is -4.27. The van der Waals surface area contributed by atoms with E-state index >= 15 is 0 Å². The van der Waals surface area contributed by atoms with Crippen molar-refractivity contribution in [2.75, 3.05) is 0 Å². The smallest absolute Gasteiger partial charge is 0.283 e. The zero-order valence-corrected chi connectivity index (χ0v) is 16.5. The molecule has 4 aromatic rings. The summed E-state index contributed by atoms with van der Waals surface area (Å²) in [5, 5.41) is 1.07. The van der Waals surface area contributed by atoms with Gasteiger partial charge in [0.05, 0.1) is 11.2 Å². The second-order valence-electron chi connectivity index (χ2n) is 6.62. The quantitative estimate of drug-likeness (QED) is 0.499. The number of sulfonamides is 1. The third-order valence-corrected chi connectivity index (χ3v) is 5.32. The molecule has 3 aromatic carbocycles. The van der Waals surface area contributed by atoms with Crippen LogP contribution in [0.25, 0.3) is 33.3 Å². The molecule has 0 saturated heterocycles. The minimum atomic E-state index is -4.27. The van der Waals surface area contributed by atoms with E-state index in [-0.39, 0.29) is 11.2 Å². The molecule has 0 saturated carbocycles. The van der Waals surface area contributed by atoms with Gasteiger partial charge in [0, 0.05) is 16.5 Å². The molecule has 0 bridgehead atoms. The number of carbonyl (C=O) groups is 2. The molecule has 1 N–H and O–H groups in total. The van der Waals surface area contributed by atoms with Crippen LogP contribution >= 0.6 is 0 Å². The van der Waals surface area contributed by atoms with Crippen LogP contribution in [0, 0.1) is 0 Å². The number of carbonyl (C=O) groups excluding carboxylic acids is 2. The van der Waals surface area contributed by atoms with Crippen LogP contribution in [0.2, 0.25) is 0 Å². The number of para-hydroxylation sites is 1. The summed E-state index contributed by atoms with van der Waals surface area (Å²) >= 11 is 0. The Morgan fingerprint density at radius 2 is 1.53 bits per heavy atom. The summed E-state index contributed by atoms with van der Waals surface area (Å²) in [4.78, 5) is 27.1. The van der Waals surface area contributed by atoms with Crippen LogP contribution in [0.5, 0.6) is 0 Å². The molecule has 0 radical (unpaired) electrons. The summed E-state index contributed by atoms with van der Waals surface area (Å²) in [5.74, 6) is -0.859. The molecule has 1 heterocycles. The molecule has 4 rings (SSSR count). The maximum absolute atomic E-state index is 12.0. The number of fused-ring (bicyclic) bond motifs is 1. The number of nitrogens with zero attached hydrogens (tertiary/aromatic N) is 1. The number of benzene rings is 3. The van der Waals surface area contributed by atoms with Gasteiger partial charge in [0.15, 0.2) is 0 Å². The highest BCUT2D eigenvalue weighted by Gasteiger charge is 2.14. The van der Waals surface area contributed by atoms with Crippen molar-refractivity contribution in [1.82, 2.24) is 9.71 Å². The SMILES string of the molecule is O=CS(=O)(=O)NC(=O)c1ccc(-c2cccc(-c3ccc4ccccc4n3)c2)cc1. The topological polar surface area (TPSA) is 93.2 Å². The predicted molar refractivity (Wildman–Crippen MR) is 116 cm³/mol. The van der Waals surface area contributed by atoms with E-state index in [1.54, 1.807) is 16.9 Å². The standard InChI is InChI=1S/C23H16N2O4S/c26-15-30(28,29)25-23(27)18-10-8-16(9-11-18)19-5-3-6-20(14-19)22-13-12-17-4-1-2-7-21(17)24-22/h1-15H,(H,25,27). The maximum atomic E-state index is 12.0. The molecule has 1 amide bonds. The molecule has 148 valence electrons. The van der Waals surface area contributed by atoms with E-state index in [1.807, 2.05) is 60.7 Å². The summed E-state index contributed by atoms with van der Waals surface area (Å²) in [6.07, 6.45) is 0. The normalized spacial score (nSPS) is 11.2. The van der Waals surface area contributed by atoms with E-state index in [1.165, 1.54) is 12.1 Å². The number of amides is 1. The molecule has 30 heavy (non-hydrogen) atoms. The van der Waals surface area contributed by atoms with Crippen LogP contribution in [0.3, 0.4) is 0 Å². The second-order valence-corrected chi connectivity index (χ2v) is 8.11. The van der Waals surface area contributed by atoms with Gasteiger partial charge in [-0.15, -0.1) is 0 Å². The molecule has 0 atom stereocenters. The number of aromatic nitrogens is 1. The number of nitrogens with one attached hydrogen (secondary N) is 1. The summed E-state index contributed by atoms with van der Waals surface area (Å²) in [6.45, 7) is 0. The van der Waals surface area contributed by atoms with Gasteiger partial charge in [0.1, 0.15) is 0 Å². The lowest BCUT2D eigenvalue weighted by molar-refractivity contribution is 0.0982. The Balaban J connectivity index is 1.62. The predicted octanol–water partition coefficient (Wildman–Crippen LogP) is 3.82. The van der Waals surface area contributed by atoms with Crippen molar-refractivity contribution < 1.29 is 18.0 Å². The summed E-state index contributed by atoms with van der Waals surface area (Å²) < 4.78 is 24.1. The molecule has 0 aliphatic rings. The molecular weight excluding hydrogens is 400 g/mol. The fourth-order valence-corrected chi connectivity index (χ4v) is 3.54. The fourth-order valence-electron chi connectivity index (χ4n) is 3.11. The monoisotopic (exact) mass is 416 g/mol. The van der Waals surface area contributed by atoms with Gasteiger partial charge in [0.2, 0.25) is 0 Å². The van der Waals surface area contributed by atoms with E-state index < -0.39 is 15.9 Å². The van der Waals surface area contributed by atoms with E-state index in [9.17, 15) is 18.0 Å². The Bertz CT molecular complexity index is 1360. The van der Waals surface area contributed by atoms with Crippen molar-refractivity contribution in [2.45, 2.75) is 0 Å². The number of rotatable bonds is 5. The van der Waals surface area contributed by atoms with Crippen LogP contribution in [0.4, 0.5) is 0 Å². The van der Waals surface area contributed by atoms with Crippen LogP contribution in [-0.4, -0.2) is 24.9 Å². The summed E-state index contributed by atoms with van der Waals surface area (Å²) in [5.41, 5.74) is 4.34. The van der Waals surface area contributed by atoms with E-state index in [2.05, 4.69) is 0 Å². The lowest BCUT2D eigenvalue weighted by Gasteiger charge is -2.08. The number of hydrogen-bond acceptors (Lipinski definition) is 5. The number of pyridine rings is 1. The largest absolute Gasteiger partial charge is 0.295 e. The first-order chi connectivity index (χ1) is 14.4. The molecule has 0 fully saturated rings. The van der Waals surface area contributed by atoms with Gasteiger partial charge in [-0.25, -0.2) is 9.71 Å². The van der Waals surface area contributed by atoms with Crippen molar-refractivity contribution in [3.05, 3.63) is 90.5 Å². The van der Waals surface area contributed by atoms with Crippen molar-refractivity contribution >= 4 is 32.5 Å². The zero-order valence-electron chi connectivity index (χ0n) is 15.6. The molecule has 1 aromatic heterocycles. The third kappa shape index (κ3) is 4.11. The average Bonchev–Trinajstić information content (AvgIpc) is 2.78. The molecule has 0 aliphatic heterocycles. The summed E-state index contributed by atoms with van der Waals surface area (Å²) in [6, 6.07) is 26.2. The number of hydrogen-bond donors (Lipinski definition) is 1. The fraction of sp³-hybridized carbons (Fsp3) is 0. The van der Waals surface area contributed by atoms with Crippen molar-refractivity contribution in [1.29, 1.82) is 0 Å². The molecule has 0 spiro atoms. The highest BCUT2D eigenvalue weighted by molar-refractivity contribution is 8.03. The minimum Gasteiger partial charge on any atom is -0.283 e. The average molecular weight is 416 g/mol. The first-order valence-electron chi connectivity index (χ1n) is 9.04. The Kier molecular flexibility index (Phi) is 5.12. The highest BCUT2D eigenvalue weighted by Crippen LogP contribution is 2.27. The first kappa shape index (κ1) is 19.5. The van der Waals surface area contributed by atoms with Crippen LogP contribution < -0.4 is 4.72 Å². The second kappa shape index (κ2) is 7.88. The van der Waals surface area contributed by atoms with Gasteiger partial charge < -0.3 is 0 Å². The zero-order chi connectivity index (χ0) is 21.1. The van der Waals surface area contributed by atoms with E-state index in [0.29, 0.717) is 0 Å². The van der Waals surface area contributed by atoms with Crippen LogP contribution in [0.15, 0.2) is 84.9 Å². The molecule has 7 heteroatoms. The van der Waals surface area contributed by atoms with Gasteiger partial charge in [0.25, 0.3) is 21.5 Å². The Morgan fingerprint density at radius 1 is 0.800 bits per heavy atom. The molecule has 0 aliphatic carbocycles. The van der Waals surface area contributed by atoms with E-state index in [4.69, 9.17) is 4.98 Å². The first-order valence-corrected chi connectivity index (χ1v) is 10.6. The third-order valence-electron chi connectivity index (χ3n) is 4.60. The van der Waals surface area contributed by atoms with Gasteiger partial charge in [-0.2, -0.15) is 8.42 Å². The van der Waals surface area contributed by atoms with Crippen molar-refractivity contribution in [2.24, 2.45) is 0 Å². The van der Waals surface area contributed by atoms with Gasteiger partial charge >= 0.3 is 0 Å². The molecular formula is C23H16N2O4S.